The van der Waals surface area contributed by atoms with Crippen molar-refractivity contribution in [2.75, 3.05) is 0 Å². The van der Waals surface area contributed by atoms with E-state index in [4.69, 9.17) is 28.4 Å². The van der Waals surface area contributed by atoms with Crippen molar-refractivity contribution in [1.29, 1.82) is 5.16 Å². The Kier molecular flexibility index (Phi) is 4.75. The van der Waals surface area contributed by atoms with E-state index < -0.39 is 13.1 Å². The van der Waals surface area contributed by atoms with Crippen LogP contribution in [0.2, 0.25) is 10.0 Å². The maximum atomic E-state index is 11.7. The van der Waals surface area contributed by atoms with Gasteiger partial charge in [0.15, 0.2) is 13.1 Å². The number of hydrogen-bond donors (Lipinski definition) is 1. The van der Waals surface area contributed by atoms with Crippen LogP contribution in [0.5, 0.6) is 0 Å². The minimum atomic E-state index is -2.10. The van der Waals surface area contributed by atoms with Crippen LogP contribution in [0.25, 0.3) is 0 Å². The second kappa shape index (κ2) is 5.46. The predicted octanol–water partition coefficient (Wildman–Crippen LogP) is 4.53. The van der Waals surface area contributed by atoms with E-state index in [1.807, 2.05) is 13.8 Å². The quantitative estimate of drug-likeness (QED) is 0.808. The Labute approximate surface area is 107 Å². The lowest BCUT2D eigenvalue weighted by molar-refractivity contribution is -0.162. The molecule has 88 valence electrons. The molecule has 0 aliphatic heterocycles. The third-order valence-electron chi connectivity index (χ3n) is 2.99. The summed E-state index contributed by atoms with van der Waals surface area (Å²) in [6, 6.07) is 5.11. The van der Waals surface area contributed by atoms with Crippen LogP contribution < -0.4 is 4.89 Å². The minimum Gasteiger partial charge on any atom is -0.612 e. The fraction of sp³-hybridized carbons (Fsp3) is 0.455. The standard InChI is InChI=1S/C11H14Cl2NOP/c1-3-11(4-2,16(14)15)9-7-8(12)5-6-10(9)13/h5-7,14H,3-4H2,1-2H3. The summed E-state index contributed by atoms with van der Waals surface area (Å²) in [6.07, 6.45) is 1.23. The Bertz CT molecular complexity index is 405. The normalized spacial score (nSPS) is 12.7. The van der Waals surface area contributed by atoms with E-state index in [0.717, 1.165) is 5.56 Å². The van der Waals surface area contributed by atoms with Gasteiger partial charge in [-0.15, -0.1) is 5.16 Å². The third kappa shape index (κ3) is 2.41. The van der Waals surface area contributed by atoms with Gasteiger partial charge in [0.2, 0.25) is 0 Å². The Morgan fingerprint density at radius 3 is 2.31 bits per heavy atom. The van der Waals surface area contributed by atoms with Crippen molar-refractivity contribution in [2.45, 2.75) is 31.8 Å². The van der Waals surface area contributed by atoms with Gasteiger partial charge < -0.3 is 4.89 Å². The van der Waals surface area contributed by atoms with E-state index in [1.54, 1.807) is 18.2 Å². The molecule has 1 unspecified atom stereocenters. The Hall–Kier alpha value is -0.140. The molecule has 0 radical (unpaired) electrons. The van der Waals surface area contributed by atoms with Gasteiger partial charge in [0.05, 0.1) is 0 Å². The summed E-state index contributed by atoms with van der Waals surface area (Å²) in [5.74, 6) is 0. The second-order valence-electron chi connectivity index (χ2n) is 3.66. The molecule has 1 rings (SSSR count). The topological polar surface area (TPSA) is 46.9 Å². The van der Waals surface area contributed by atoms with E-state index in [9.17, 15) is 4.89 Å². The zero-order valence-electron chi connectivity index (χ0n) is 9.26. The number of halogens is 2. The molecular weight excluding hydrogens is 264 g/mol. The van der Waals surface area contributed by atoms with E-state index >= 15 is 0 Å². The molecule has 0 fully saturated rings. The highest BCUT2D eigenvalue weighted by atomic mass is 35.5. The van der Waals surface area contributed by atoms with Crippen molar-refractivity contribution in [1.82, 2.24) is 0 Å². The van der Waals surface area contributed by atoms with Crippen LogP contribution in [-0.2, 0) is 5.16 Å². The zero-order valence-corrected chi connectivity index (χ0v) is 11.7. The predicted molar refractivity (Wildman–Crippen MR) is 68.4 cm³/mol. The Morgan fingerprint density at radius 1 is 1.31 bits per heavy atom. The fourth-order valence-electron chi connectivity index (χ4n) is 1.88. The fourth-order valence-corrected chi connectivity index (χ4v) is 3.40. The number of rotatable bonds is 4. The first-order valence-electron chi connectivity index (χ1n) is 5.12. The van der Waals surface area contributed by atoms with Crippen molar-refractivity contribution >= 4 is 31.1 Å². The van der Waals surface area contributed by atoms with E-state index in [1.165, 1.54) is 0 Å². The third-order valence-corrected chi connectivity index (χ3v) is 5.20. The summed E-state index contributed by atoms with van der Waals surface area (Å²) in [4.78, 5) is 11.7. The summed E-state index contributed by atoms with van der Waals surface area (Å²) >= 11 is 12.0. The Morgan fingerprint density at radius 2 is 1.88 bits per heavy atom. The van der Waals surface area contributed by atoms with Crippen LogP contribution in [0.1, 0.15) is 32.3 Å². The lowest BCUT2D eigenvalue weighted by atomic mass is 9.92. The van der Waals surface area contributed by atoms with E-state index in [-0.39, 0.29) is 0 Å². The first-order chi connectivity index (χ1) is 7.47. The highest BCUT2D eigenvalue weighted by Gasteiger charge is 2.40. The van der Waals surface area contributed by atoms with E-state index in [0.29, 0.717) is 22.9 Å². The average molecular weight is 278 g/mol. The SMILES string of the molecule is CCC(CC)(c1cc(Cl)ccc1Cl)[P+](=N)[O-]. The number of hydrogen-bond acceptors (Lipinski definition) is 2. The monoisotopic (exact) mass is 277 g/mol. The van der Waals surface area contributed by atoms with Crippen LogP contribution >= 0.6 is 31.1 Å². The minimum absolute atomic E-state index is 0.531. The molecule has 0 saturated heterocycles. The van der Waals surface area contributed by atoms with Gasteiger partial charge in [-0.3, -0.25) is 0 Å². The van der Waals surface area contributed by atoms with Gasteiger partial charge in [0.1, 0.15) is 0 Å². The van der Waals surface area contributed by atoms with Crippen LogP contribution in [0.15, 0.2) is 18.2 Å². The second-order valence-corrected chi connectivity index (χ2v) is 5.95. The molecule has 0 amide bonds. The van der Waals surface area contributed by atoms with Crippen LogP contribution in [0.4, 0.5) is 0 Å². The maximum Gasteiger partial charge on any atom is 0.171 e. The zero-order chi connectivity index (χ0) is 12.3. The molecule has 0 aliphatic rings. The van der Waals surface area contributed by atoms with Crippen LogP contribution in [0, 0.1) is 5.16 Å². The first-order valence-corrected chi connectivity index (χ1v) is 7.13. The molecule has 16 heavy (non-hydrogen) atoms. The van der Waals surface area contributed by atoms with Gasteiger partial charge in [0, 0.05) is 15.6 Å². The molecule has 0 spiro atoms. The van der Waals surface area contributed by atoms with Gasteiger partial charge in [-0.1, -0.05) is 37.0 Å². The molecule has 1 aromatic carbocycles. The Balaban J connectivity index is 3.42. The first kappa shape index (κ1) is 13.9. The summed E-state index contributed by atoms with van der Waals surface area (Å²) in [6.45, 7) is 3.84. The van der Waals surface area contributed by atoms with Crippen LogP contribution in [0.3, 0.4) is 0 Å². The highest BCUT2D eigenvalue weighted by Crippen LogP contribution is 2.50. The molecule has 1 aromatic rings. The lowest BCUT2D eigenvalue weighted by Crippen LogP contribution is -2.24. The maximum absolute atomic E-state index is 11.7. The summed E-state index contributed by atoms with van der Waals surface area (Å²) < 4.78 is 0. The van der Waals surface area contributed by atoms with Gasteiger partial charge in [-0.2, -0.15) is 0 Å². The highest BCUT2D eigenvalue weighted by molar-refractivity contribution is 7.39. The molecule has 0 bridgehead atoms. The van der Waals surface area contributed by atoms with Gasteiger partial charge in [-0.05, 0) is 31.0 Å². The molecule has 0 aliphatic carbocycles. The van der Waals surface area contributed by atoms with Gasteiger partial charge >= 0.3 is 0 Å². The molecule has 5 heteroatoms. The van der Waals surface area contributed by atoms with Gasteiger partial charge in [0.25, 0.3) is 0 Å². The smallest absolute Gasteiger partial charge is 0.171 e. The summed E-state index contributed by atoms with van der Waals surface area (Å²) in [7, 11) is -2.10. The number of benzene rings is 1. The van der Waals surface area contributed by atoms with Crippen molar-refractivity contribution in [3.8, 4) is 0 Å². The van der Waals surface area contributed by atoms with Crippen molar-refractivity contribution in [3.63, 3.8) is 0 Å². The molecule has 1 N–H and O–H groups in total. The molecule has 0 aromatic heterocycles. The molecule has 0 saturated carbocycles. The van der Waals surface area contributed by atoms with E-state index in [2.05, 4.69) is 0 Å². The summed E-state index contributed by atoms with van der Waals surface area (Å²) in [5.41, 5.74) is 0.725. The molecular formula is C11H14Cl2NOP. The molecule has 1 atom stereocenters. The lowest BCUT2D eigenvalue weighted by Gasteiger charge is -2.26. The van der Waals surface area contributed by atoms with Crippen molar-refractivity contribution < 1.29 is 4.89 Å². The summed E-state index contributed by atoms with van der Waals surface area (Å²) in [5, 5.41) is 8.00. The average Bonchev–Trinajstić information content (AvgIpc) is 2.25. The van der Waals surface area contributed by atoms with Crippen LogP contribution in [-0.4, -0.2) is 0 Å². The number of nitrogens with one attached hydrogen (secondary N) is 1. The van der Waals surface area contributed by atoms with Crippen molar-refractivity contribution in [2.24, 2.45) is 0 Å². The molecule has 0 heterocycles. The molecule has 2 nitrogen and oxygen atoms in total. The largest absolute Gasteiger partial charge is 0.612 e. The van der Waals surface area contributed by atoms with Crippen molar-refractivity contribution in [3.05, 3.63) is 33.8 Å². The van der Waals surface area contributed by atoms with Gasteiger partial charge in [-0.25, -0.2) is 0 Å².